The highest BCUT2D eigenvalue weighted by atomic mass is 35.5. The van der Waals surface area contributed by atoms with Crippen LogP contribution in [0.1, 0.15) is 46.6 Å². The SMILES string of the molecule is Cl.Cl.O=C1OC2(CCN(Cc3cc4n(n3)CCCNC4)CC2)c2ccccc21. The zero-order valence-corrected chi connectivity index (χ0v) is 17.4. The number of esters is 1. The Hall–Kier alpha value is -1.60. The lowest BCUT2D eigenvalue weighted by atomic mass is 9.84. The summed E-state index contributed by atoms with van der Waals surface area (Å²) in [6.07, 6.45) is 2.83. The first-order valence-electron chi connectivity index (χ1n) is 9.55. The quantitative estimate of drug-likeness (QED) is 0.750. The molecule has 0 radical (unpaired) electrons. The molecule has 152 valence electrons. The number of carbonyl (C=O) groups excluding carboxylic acids is 1. The summed E-state index contributed by atoms with van der Waals surface area (Å²) >= 11 is 0. The molecule has 0 unspecified atom stereocenters. The summed E-state index contributed by atoms with van der Waals surface area (Å²) in [6, 6.07) is 10.1. The summed E-state index contributed by atoms with van der Waals surface area (Å²) < 4.78 is 7.99. The number of fused-ring (bicyclic) bond motifs is 3. The lowest BCUT2D eigenvalue weighted by molar-refractivity contribution is -0.0442. The van der Waals surface area contributed by atoms with Crippen LogP contribution in [-0.4, -0.2) is 40.3 Å². The van der Waals surface area contributed by atoms with Gasteiger partial charge in [-0.05, 0) is 25.1 Å². The number of nitrogens with zero attached hydrogens (tertiary/aromatic N) is 3. The summed E-state index contributed by atoms with van der Waals surface area (Å²) in [4.78, 5) is 14.6. The average Bonchev–Trinajstić information content (AvgIpc) is 3.07. The van der Waals surface area contributed by atoms with Gasteiger partial charge in [0.1, 0.15) is 5.60 Å². The molecule has 0 saturated carbocycles. The van der Waals surface area contributed by atoms with Crippen molar-refractivity contribution >= 4 is 30.8 Å². The van der Waals surface area contributed by atoms with Crippen molar-refractivity contribution in [1.29, 1.82) is 0 Å². The Labute approximate surface area is 177 Å². The number of likely N-dealkylation sites (tertiary alicyclic amines) is 1. The lowest BCUT2D eigenvalue weighted by Crippen LogP contribution is -2.42. The second kappa shape index (κ2) is 8.41. The standard InChI is InChI=1S/C20H24N4O2.2ClH/c25-19-17-4-1-2-5-18(17)20(26-19)6-10-23(11-7-20)14-15-12-16-13-21-8-3-9-24(16)22-15;;/h1-2,4-5,12,21H,3,6-11,13-14H2;2*1H. The van der Waals surface area contributed by atoms with Crippen molar-refractivity contribution in [3.05, 3.63) is 52.8 Å². The van der Waals surface area contributed by atoms with E-state index in [0.29, 0.717) is 0 Å². The molecule has 3 aliphatic heterocycles. The number of hydrogen-bond donors (Lipinski definition) is 1. The van der Waals surface area contributed by atoms with Gasteiger partial charge in [0.05, 0.1) is 17.0 Å². The largest absolute Gasteiger partial charge is 0.450 e. The predicted molar refractivity (Wildman–Crippen MR) is 111 cm³/mol. The van der Waals surface area contributed by atoms with Crippen LogP contribution in [0.15, 0.2) is 30.3 Å². The number of hydrogen-bond acceptors (Lipinski definition) is 5. The van der Waals surface area contributed by atoms with E-state index in [1.165, 1.54) is 5.69 Å². The van der Waals surface area contributed by atoms with Gasteiger partial charge in [-0.3, -0.25) is 9.58 Å². The fourth-order valence-corrected chi connectivity index (χ4v) is 4.52. The van der Waals surface area contributed by atoms with Gasteiger partial charge in [-0.15, -0.1) is 24.8 Å². The van der Waals surface area contributed by atoms with Gasteiger partial charge in [0.25, 0.3) is 0 Å². The molecule has 1 N–H and O–H groups in total. The van der Waals surface area contributed by atoms with Gasteiger partial charge < -0.3 is 10.1 Å². The number of halogens is 2. The van der Waals surface area contributed by atoms with Crippen molar-refractivity contribution < 1.29 is 9.53 Å². The second-order valence-electron chi connectivity index (χ2n) is 7.59. The molecular formula is C20H26Cl2N4O2. The molecule has 28 heavy (non-hydrogen) atoms. The van der Waals surface area contributed by atoms with Crippen LogP contribution >= 0.6 is 24.8 Å². The molecule has 1 aromatic heterocycles. The minimum Gasteiger partial charge on any atom is -0.450 e. The second-order valence-corrected chi connectivity index (χ2v) is 7.59. The molecule has 4 heterocycles. The van der Waals surface area contributed by atoms with Crippen LogP contribution in [0.25, 0.3) is 0 Å². The van der Waals surface area contributed by atoms with Crippen molar-refractivity contribution in [1.82, 2.24) is 20.0 Å². The number of carbonyl (C=O) groups is 1. The first-order valence-corrected chi connectivity index (χ1v) is 9.55. The van der Waals surface area contributed by atoms with Crippen LogP contribution < -0.4 is 5.32 Å². The molecule has 0 atom stereocenters. The highest BCUT2D eigenvalue weighted by molar-refractivity contribution is 5.94. The van der Waals surface area contributed by atoms with Gasteiger partial charge >= 0.3 is 5.97 Å². The summed E-state index contributed by atoms with van der Waals surface area (Å²) in [5, 5.41) is 8.24. The smallest absolute Gasteiger partial charge is 0.339 e. The van der Waals surface area contributed by atoms with Crippen LogP contribution in [0.5, 0.6) is 0 Å². The van der Waals surface area contributed by atoms with Gasteiger partial charge in [-0.2, -0.15) is 5.10 Å². The van der Waals surface area contributed by atoms with Crippen molar-refractivity contribution in [2.24, 2.45) is 0 Å². The number of benzene rings is 1. The Morgan fingerprint density at radius 3 is 2.75 bits per heavy atom. The van der Waals surface area contributed by atoms with E-state index >= 15 is 0 Å². The number of rotatable bonds is 2. The average molecular weight is 425 g/mol. The van der Waals surface area contributed by atoms with Crippen molar-refractivity contribution in [3.8, 4) is 0 Å². The Morgan fingerprint density at radius 1 is 1.14 bits per heavy atom. The van der Waals surface area contributed by atoms with Gasteiger partial charge in [0.2, 0.25) is 0 Å². The molecule has 1 saturated heterocycles. The van der Waals surface area contributed by atoms with Gasteiger partial charge in [0.15, 0.2) is 0 Å². The Balaban J connectivity index is 0.00000112. The maximum atomic E-state index is 12.2. The minimum atomic E-state index is -0.417. The highest BCUT2D eigenvalue weighted by Crippen LogP contribution is 2.44. The molecule has 5 rings (SSSR count). The van der Waals surface area contributed by atoms with Crippen LogP contribution in [0.2, 0.25) is 0 Å². The van der Waals surface area contributed by atoms with Crippen molar-refractivity contribution in [3.63, 3.8) is 0 Å². The van der Waals surface area contributed by atoms with Crippen LogP contribution in [0, 0.1) is 0 Å². The molecule has 1 aromatic carbocycles. The maximum Gasteiger partial charge on any atom is 0.339 e. The van der Waals surface area contributed by atoms with Gasteiger partial charge in [-0.25, -0.2) is 4.79 Å². The first kappa shape index (κ1) is 21.1. The molecule has 0 bridgehead atoms. The highest BCUT2D eigenvalue weighted by Gasteiger charge is 2.47. The third-order valence-electron chi connectivity index (χ3n) is 5.92. The Morgan fingerprint density at radius 2 is 1.93 bits per heavy atom. The van der Waals surface area contributed by atoms with E-state index in [1.807, 2.05) is 18.2 Å². The number of aryl methyl sites for hydroxylation is 1. The van der Waals surface area contributed by atoms with E-state index in [0.717, 1.165) is 75.4 Å². The number of nitrogens with one attached hydrogen (secondary N) is 1. The van der Waals surface area contributed by atoms with E-state index in [1.54, 1.807) is 0 Å². The lowest BCUT2D eigenvalue weighted by Gasteiger charge is -2.38. The van der Waals surface area contributed by atoms with E-state index in [4.69, 9.17) is 9.84 Å². The van der Waals surface area contributed by atoms with Crippen LogP contribution in [0.3, 0.4) is 0 Å². The number of aromatic nitrogens is 2. The summed E-state index contributed by atoms with van der Waals surface area (Å²) in [6.45, 7) is 5.67. The van der Waals surface area contributed by atoms with E-state index < -0.39 is 5.60 Å². The minimum absolute atomic E-state index is 0. The van der Waals surface area contributed by atoms with E-state index in [2.05, 4.69) is 27.0 Å². The number of ether oxygens (including phenoxy) is 1. The maximum absolute atomic E-state index is 12.2. The van der Waals surface area contributed by atoms with Gasteiger partial charge in [-0.1, -0.05) is 18.2 Å². The molecule has 6 nitrogen and oxygen atoms in total. The summed E-state index contributed by atoms with van der Waals surface area (Å²) in [5.41, 5.74) is 3.82. The van der Waals surface area contributed by atoms with E-state index in [9.17, 15) is 4.79 Å². The molecule has 1 spiro atoms. The predicted octanol–water partition coefficient (Wildman–Crippen LogP) is 2.88. The summed E-state index contributed by atoms with van der Waals surface area (Å²) in [7, 11) is 0. The third kappa shape index (κ3) is 3.66. The monoisotopic (exact) mass is 424 g/mol. The Kier molecular flexibility index (Phi) is 6.34. The molecule has 0 aliphatic carbocycles. The Bertz CT molecular complexity index is 823. The third-order valence-corrected chi connectivity index (χ3v) is 5.92. The fraction of sp³-hybridized carbons (Fsp3) is 0.500. The zero-order valence-electron chi connectivity index (χ0n) is 15.7. The van der Waals surface area contributed by atoms with Crippen LogP contribution in [-0.2, 0) is 30.0 Å². The molecule has 1 fully saturated rings. The zero-order chi connectivity index (χ0) is 17.6. The molecule has 0 amide bonds. The van der Waals surface area contributed by atoms with Crippen LogP contribution in [0.4, 0.5) is 0 Å². The van der Waals surface area contributed by atoms with Crippen molar-refractivity contribution in [2.45, 2.75) is 44.5 Å². The molecule has 2 aromatic rings. The molecular weight excluding hydrogens is 399 g/mol. The summed E-state index contributed by atoms with van der Waals surface area (Å²) in [5.74, 6) is -0.167. The van der Waals surface area contributed by atoms with Gasteiger partial charge in [0, 0.05) is 51.1 Å². The normalized spacial score (nSPS) is 20.4. The number of piperidine rings is 1. The van der Waals surface area contributed by atoms with E-state index in [-0.39, 0.29) is 30.8 Å². The molecule has 8 heteroatoms. The molecule has 3 aliphatic rings. The van der Waals surface area contributed by atoms with Crippen molar-refractivity contribution in [2.75, 3.05) is 19.6 Å². The first-order chi connectivity index (χ1) is 12.7. The topological polar surface area (TPSA) is 59.4 Å². The fourth-order valence-electron chi connectivity index (χ4n) is 4.52.